The number of alkyl halides is 3. The first-order chi connectivity index (χ1) is 12.8. The molecular formula is C19H24F3N3O2. The first kappa shape index (κ1) is 19.5. The molecule has 2 fully saturated rings. The molecule has 0 bridgehead atoms. The fourth-order valence-electron chi connectivity index (χ4n) is 3.76. The molecule has 0 unspecified atom stereocenters. The first-order valence-corrected chi connectivity index (χ1v) is 9.22. The Labute approximate surface area is 156 Å². The fourth-order valence-corrected chi connectivity index (χ4v) is 3.76. The summed E-state index contributed by atoms with van der Waals surface area (Å²) in [7, 11) is 0. The quantitative estimate of drug-likeness (QED) is 0.789. The minimum Gasteiger partial charge on any atom is -0.371 e. The van der Waals surface area contributed by atoms with E-state index in [1.54, 1.807) is 11.0 Å². The van der Waals surface area contributed by atoms with Crippen LogP contribution in [0.25, 0.3) is 0 Å². The standard InChI is InChI=1S/C19H24F3N3O2/c1-14(26)23-9-11-25(12-10-23)18(27)15-5-7-24(8-6-15)17-4-2-3-16(13-17)19(20,21)22/h2-4,13,15H,5-12H2,1H3. The van der Waals surface area contributed by atoms with Crippen LogP contribution in [0.15, 0.2) is 24.3 Å². The number of carbonyl (C=O) groups is 2. The second-order valence-electron chi connectivity index (χ2n) is 7.14. The number of rotatable bonds is 2. The summed E-state index contributed by atoms with van der Waals surface area (Å²) in [6.07, 6.45) is -3.10. The molecule has 1 aromatic carbocycles. The Hall–Kier alpha value is -2.25. The summed E-state index contributed by atoms with van der Waals surface area (Å²) in [6, 6.07) is 5.34. The first-order valence-electron chi connectivity index (χ1n) is 9.22. The highest BCUT2D eigenvalue weighted by Crippen LogP contribution is 2.33. The van der Waals surface area contributed by atoms with Crippen LogP contribution in [0.5, 0.6) is 0 Å². The molecule has 0 saturated carbocycles. The van der Waals surface area contributed by atoms with Gasteiger partial charge in [0.1, 0.15) is 0 Å². The molecule has 0 aliphatic carbocycles. The molecule has 148 valence electrons. The SMILES string of the molecule is CC(=O)N1CCN(C(=O)C2CCN(c3cccc(C(F)(F)F)c3)CC2)CC1. The molecule has 3 rings (SSSR count). The third-order valence-corrected chi connectivity index (χ3v) is 5.42. The normalized spacial score (nSPS) is 19.3. The number of benzene rings is 1. The lowest BCUT2D eigenvalue weighted by Crippen LogP contribution is -2.52. The van der Waals surface area contributed by atoms with E-state index in [9.17, 15) is 22.8 Å². The van der Waals surface area contributed by atoms with Crippen molar-refractivity contribution in [1.29, 1.82) is 0 Å². The highest BCUT2D eigenvalue weighted by Gasteiger charge is 2.33. The predicted octanol–water partition coefficient (Wildman–Crippen LogP) is 2.61. The summed E-state index contributed by atoms with van der Waals surface area (Å²) in [5.74, 6) is 0.0225. The van der Waals surface area contributed by atoms with Gasteiger partial charge in [-0.2, -0.15) is 13.2 Å². The minimum absolute atomic E-state index is 0.0245. The molecular weight excluding hydrogens is 359 g/mol. The maximum atomic E-state index is 12.9. The van der Waals surface area contributed by atoms with Gasteiger partial charge in [0.25, 0.3) is 0 Å². The minimum atomic E-state index is -4.35. The lowest BCUT2D eigenvalue weighted by atomic mass is 9.94. The molecule has 0 N–H and O–H groups in total. The van der Waals surface area contributed by atoms with Gasteiger partial charge in [0.2, 0.25) is 11.8 Å². The van der Waals surface area contributed by atoms with E-state index >= 15 is 0 Å². The maximum absolute atomic E-state index is 12.9. The summed E-state index contributed by atoms with van der Waals surface area (Å²) in [5, 5.41) is 0. The Morgan fingerprint density at radius 1 is 0.963 bits per heavy atom. The van der Waals surface area contributed by atoms with Crippen LogP contribution in [0.1, 0.15) is 25.3 Å². The summed E-state index contributed by atoms with van der Waals surface area (Å²) < 4.78 is 38.7. The van der Waals surface area contributed by atoms with Gasteiger partial charge in [-0.05, 0) is 31.0 Å². The van der Waals surface area contributed by atoms with Crippen molar-refractivity contribution >= 4 is 17.5 Å². The molecule has 8 heteroatoms. The zero-order valence-electron chi connectivity index (χ0n) is 15.3. The number of piperazine rings is 1. The van der Waals surface area contributed by atoms with Crippen molar-refractivity contribution < 1.29 is 22.8 Å². The van der Waals surface area contributed by atoms with Gasteiger partial charge in [0, 0.05) is 57.8 Å². The summed E-state index contributed by atoms with van der Waals surface area (Å²) in [5.41, 5.74) is -0.104. The number of carbonyl (C=O) groups excluding carboxylic acids is 2. The Balaban J connectivity index is 1.55. The lowest BCUT2D eigenvalue weighted by Gasteiger charge is -2.39. The van der Waals surface area contributed by atoms with Gasteiger partial charge in [0.05, 0.1) is 5.56 Å². The van der Waals surface area contributed by atoms with Crippen LogP contribution in [-0.4, -0.2) is 60.9 Å². The van der Waals surface area contributed by atoms with Gasteiger partial charge in [-0.3, -0.25) is 9.59 Å². The highest BCUT2D eigenvalue weighted by molar-refractivity contribution is 5.80. The van der Waals surface area contributed by atoms with E-state index in [-0.39, 0.29) is 17.7 Å². The van der Waals surface area contributed by atoms with Crippen LogP contribution in [0.3, 0.4) is 0 Å². The molecule has 5 nitrogen and oxygen atoms in total. The van der Waals surface area contributed by atoms with Gasteiger partial charge in [-0.25, -0.2) is 0 Å². The number of amides is 2. The van der Waals surface area contributed by atoms with Gasteiger partial charge in [-0.15, -0.1) is 0 Å². The van der Waals surface area contributed by atoms with E-state index < -0.39 is 11.7 Å². The van der Waals surface area contributed by atoms with Crippen molar-refractivity contribution in [2.45, 2.75) is 25.9 Å². The Morgan fingerprint density at radius 2 is 1.56 bits per heavy atom. The van der Waals surface area contributed by atoms with E-state index in [2.05, 4.69) is 0 Å². The molecule has 0 atom stereocenters. The molecule has 27 heavy (non-hydrogen) atoms. The summed E-state index contributed by atoms with van der Waals surface area (Å²) in [6.45, 7) is 4.87. The molecule has 2 saturated heterocycles. The molecule has 2 aliphatic rings. The highest BCUT2D eigenvalue weighted by atomic mass is 19.4. The third kappa shape index (κ3) is 4.54. The summed E-state index contributed by atoms with van der Waals surface area (Å²) in [4.78, 5) is 29.5. The van der Waals surface area contributed by atoms with Crippen LogP contribution in [0.2, 0.25) is 0 Å². The van der Waals surface area contributed by atoms with Crippen LogP contribution in [0, 0.1) is 5.92 Å². The fraction of sp³-hybridized carbons (Fsp3) is 0.579. The van der Waals surface area contributed by atoms with Crippen LogP contribution >= 0.6 is 0 Å². The van der Waals surface area contributed by atoms with Crippen molar-refractivity contribution in [1.82, 2.24) is 9.80 Å². The van der Waals surface area contributed by atoms with E-state index in [0.717, 1.165) is 6.07 Å². The Kier molecular flexibility index (Phi) is 5.62. The van der Waals surface area contributed by atoms with Gasteiger partial charge in [0.15, 0.2) is 0 Å². The Morgan fingerprint density at radius 3 is 2.11 bits per heavy atom. The zero-order chi connectivity index (χ0) is 19.6. The van der Waals surface area contributed by atoms with Crippen molar-refractivity contribution in [2.24, 2.45) is 5.92 Å². The molecule has 1 aromatic rings. The molecule has 2 heterocycles. The van der Waals surface area contributed by atoms with Crippen molar-refractivity contribution in [3.05, 3.63) is 29.8 Å². The second-order valence-corrected chi connectivity index (χ2v) is 7.14. The molecule has 0 aromatic heterocycles. The third-order valence-electron chi connectivity index (χ3n) is 5.42. The van der Waals surface area contributed by atoms with Crippen LogP contribution < -0.4 is 4.90 Å². The number of hydrogen-bond acceptors (Lipinski definition) is 3. The van der Waals surface area contributed by atoms with Crippen molar-refractivity contribution in [3.8, 4) is 0 Å². The number of anilines is 1. The molecule has 0 spiro atoms. The van der Waals surface area contributed by atoms with E-state index in [4.69, 9.17) is 0 Å². The monoisotopic (exact) mass is 383 g/mol. The summed E-state index contributed by atoms with van der Waals surface area (Å²) >= 11 is 0. The van der Waals surface area contributed by atoms with Crippen LogP contribution in [0.4, 0.5) is 18.9 Å². The number of hydrogen-bond donors (Lipinski definition) is 0. The van der Waals surface area contributed by atoms with Gasteiger partial charge in [-0.1, -0.05) is 6.07 Å². The number of nitrogens with zero attached hydrogens (tertiary/aromatic N) is 3. The van der Waals surface area contributed by atoms with Gasteiger partial charge >= 0.3 is 6.18 Å². The number of halogens is 3. The molecule has 2 aliphatic heterocycles. The maximum Gasteiger partial charge on any atom is 0.416 e. The lowest BCUT2D eigenvalue weighted by molar-refractivity contribution is -0.141. The smallest absolute Gasteiger partial charge is 0.371 e. The van der Waals surface area contributed by atoms with Crippen molar-refractivity contribution in [3.63, 3.8) is 0 Å². The van der Waals surface area contributed by atoms with Crippen molar-refractivity contribution in [2.75, 3.05) is 44.2 Å². The topological polar surface area (TPSA) is 43.9 Å². The van der Waals surface area contributed by atoms with Gasteiger partial charge < -0.3 is 14.7 Å². The zero-order valence-corrected chi connectivity index (χ0v) is 15.3. The number of piperidine rings is 1. The average molecular weight is 383 g/mol. The second kappa shape index (κ2) is 7.78. The Bertz CT molecular complexity index is 692. The van der Waals surface area contributed by atoms with Crippen LogP contribution in [-0.2, 0) is 15.8 Å². The van der Waals surface area contributed by atoms with E-state index in [1.807, 2.05) is 9.80 Å². The molecule has 2 amide bonds. The predicted molar refractivity (Wildman–Crippen MR) is 95.2 cm³/mol. The average Bonchev–Trinajstić information content (AvgIpc) is 2.67. The van der Waals surface area contributed by atoms with E-state index in [1.165, 1.54) is 19.1 Å². The molecule has 0 radical (unpaired) electrons. The largest absolute Gasteiger partial charge is 0.416 e. The van der Waals surface area contributed by atoms with E-state index in [0.29, 0.717) is 57.8 Å².